The first-order valence-corrected chi connectivity index (χ1v) is 11.0. The fraction of sp³-hybridized carbons (Fsp3) is 0.0526. The molecule has 10 heteroatoms. The van der Waals surface area contributed by atoms with E-state index in [1.807, 2.05) is 42.5 Å². The summed E-state index contributed by atoms with van der Waals surface area (Å²) in [4.78, 5) is 24.4. The van der Waals surface area contributed by atoms with E-state index < -0.39 is 5.91 Å². The second kappa shape index (κ2) is 8.76. The molecule has 0 saturated carbocycles. The van der Waals surface area contributed by atoms with Crippen LogP contribution in [0.25, 0.3) is 10.8 Å². The van der Waals surface area contributed by atoms with Gasteiger partial charge in [0.2, 0.25) is 11.0 Å². The first kappa shape index (κ1) is 19.6. The fourth-order valence-electron chi connectivity index (χ4n) is 2.56. The van der Waals surface area contributed by atoms with Gasteiger partial charge in [-0.3, -0.25) is 14.9 Å². The summed E-state index contributed by atoms with van der Waals surface area (Å²) in [6, 6.07) is 16.8. The zero-order valence-electron chi connectivity index (χ0n) is 14.7. The maximum Gasteiger partial charge on any atom is 0.293 e. The van der Waals surface area contributed by atoms with E-state index in [2.05, 4.69) is 36.8 Å². The van der Waals surface area contributed by atoms with E-state index in [-0.39, 0.29) is 17.4 Å². The summed E-state index contributed by atoms with van der Waals surface area (Å²) in [7, 11) is 0. The molecule has 0 saturated heterocycles. The summed E-state index contributed by atoms with van der Waals surface area (Å²) < 4.78 is 6.24. The molecule has 0 aliphatic heterocycles. The summed E-state index contributed by atoms with van der Waals surface area (Å²) in [5.41, 5.74) is 0.767. The Bertz CT molecular complexity index is 1190. The SMILES string of the molecule is O=C(CSc1nnc(NC(=O)c2ccc(Br)o2)s1)Nc1cccc2ccccc12. The van der Waals surface area contributed by atoms with Crippen molar-refractivity contribution in [3.05, 3.63) is 65.0 Å². The number of benzene rings is 2. The highest BCUT2D eigenvalue weighted by molar-refractivity contribution is 9.10. The Balaban J connectivity index is 1.33. The quantitative estimate of drug-likeness (QED) is 0.291. The zero-order valence-corrected chi connectivity index (χ0v) is 17.9. The number of fused-ring (bicyclic) bond motifs is 1. The minimum absolute atomic E-state index is 0.146. The van der Waals surface area contributed by atoms with E-state index in [0.717, 1.165) is 16.5 Å². The molecule has 0 radical (unpaired) electrons. The van der Waals surface area contributed by atoms with E-state index >= 15 is 0 Å². The van der Waals surface area contributed by atoms with Gasteiger partial charge in [-0.05, 0) is 39.5 Å². The van der Waals surface area contributed by atoms with Gasteiger partial charge < -0.3 is 9.73 Å². The van der Waals surface area contributed by atoms with Crippen molar-refractivity contribution in [3.8, 4) is 0 Å². The van der Waals surface area contributed by atoms with Gasteiger partial charge in [0.25, 0.3) is 5.91 Å². The van der Waals surface area contributed by atoms with E-state index in [4.69, 9.17) is 4.42 Å². The van der Waals surface area contributed by atoms with Gasteiger partial charge in [-0.15, -0.1) is 10.2 Å². The number of aromatic nitrogens is 2. The molecule has 0 aliphatic carbocycles. The highest BCUT2D eigenvalue weighted by atomic mass is 79.9. The third kappa shape index (κ3) is 4.84. The molecule has 2 aromatic heterocycles. The van der Waals surface area contributed by atoms with Crippen LogP contribution in [0.5, 0.6) is 0 Å². The van der Waals surface area contributed by atoms with Crippen molar-refractivity contribution in [3.63, 3.8) is 0 Å². The van der Waals surface area contributed by atoms with Crippen molar-refractivity contribution in [1.29, 1.82) is 0 Å². The Labute approximate surface area is 182 Å². The Morgan fingerprint density at radius 1 is 1.03 bits per heavy atom. The molecule has 4 aromatic rings. The lowest BCUT2D eigenvalue weighted by Gasteiger charge is -2.08. The Kier molecular flexibility index (Phi) is 5.93. The zero-order chi connectivity index (χ0) is 20.2. The van der Waals surface area contributed by atoms with Crippen LogP contribution < -0.4 is 10.6 Å². The second-order valence-corrected chi connectivity index (χ2v) is 8.78. The minimum Gasteiger partial charge on any atom is -0.444 e. The van der Waals surface area contributed by atoms with Gasteiger partial charge in [0.1, 0.15) is 0 Å². The molecule has 2 N–H and O–H groups in total. The number of hydrogen-bond donors (Lipinski definition) is 2. The number of hydrogen-bond acceptors (Lipinski definition) is 7. The lowest BCUT2D eigenvalue weighted by molar-refractivity contribution is -0.113. The van der Waals surface area contributed by atoms with Gasteiger partial charge in [0.15, 0.2) is 14.8 Å². The maximum absolute atomic E-state index is 12.3. The lowest BCUT2D eigenvalue weighted by Crippen LogP contribution is -2.14. The van der Waals surface area contributed by atoms with E-state index in [1.165, 1.54) is 23.1 Å². The highest BCUT2D eigenvalue weighted by Gasteiger charge is 2.14. The molecule has 7 nitrogen and oxygen atoms in total. The predicted molar refractivity (Wildman–Crippen MR) is 118 cm³/mol. The van der Waals surface area contributed by atoms with Crippen molar-refractivity contribution in [2.45, 2.75) is 4.34 Å². The standard InChI is InChI=1S/C19H13BrN4O3S2/c20-15-9-8-14(27-15)17(26)22-18-23-24-19(29-18)28-10-16(25)21-13-7-3-5-11-4-1-2-6-12(11)13/h1-9H,10H2,(H,21,25)(H,22,23,26). The Morgan fingerprint density at radius 3 is 2.69 bits per heavy atom. The number of furan rings is 1. The van der Waals surface area contributed by atoms with Gasteiger partial charge in [0.05, 0.1) is 5.75 Å². The van der Waals surface area contributed by atoms with Crippen LogP contribution in [-0.4, -0.2) is 27.8 Å². The smallest absolute Gasteiger partial charge is 0.293 e. The Morgan fingerprint density at radius 2 is 1.86 bits per heavy atom. The van der Waals surface area contributed by atoms with Crippen molar-refractivity contribution in [2.75, 3.05) is 16.4 Å². The molecule has 2 aromatic carbocycles. The number of nitrogens with zero attached hydrogens (tertiary/aromatic N) is 2. The average Bonchev–Trinajstić information content (AvgIpc) is 3.35. The summed E-state index contributed by atoms with van der Waals surface area (Å²) >= 11 is 5.59. The van der Waals surface area contributed by atoms with Crippen LogP contribution in [0, 0.1) is 0 Å². The summed E-state index contributed by atoms with van der Waals surface area (Å²) in [6.45, 7) is 0. The predicted octanol–water partition coefficient (Wildman–Crippen LogP) is 5.03. The number of anilines is 2. The first-order chi connectivity index (χ1) is 14.1. The van der Waals surface area contributed by atoms with Crippen LogP contribution in [-0.2, 0) is 4.79 Å². The molecule has 0 aliphatic rings. The molecular weight excluding hydrogens is 476 g/mol. The topological polar surface area (TPSA) is 97.1 Å². The molecule has 2 amide bonds. The monoisotopic (exact) mass is 488 g/mol. The Hall–Kier alpha value is -2.69. The van der Waals surface area contributed by atoms with E-state index in [0.29, 0.717) is 14.1 Å². The number of thioether (sulfide) groups is 1. The second-order valence-electron chi connectivity index (χ2n) is 5.79. The minimum atomic E-state index is -0.419. The molecule has 0 bridgehead atoms. The first-order valence-electron chi connectivity index (χ1n) is 8.39. The fourth-order valence-corrected chi connectivity index (χ4v) is 4.42. The molecule has 0 atom stereocenters. The van der Waals surface area contributed by atoms with Gasteiger partial charge in [-0.2, -0.15) is 0 Å². The molecule has 146 valence electrons. The van der Waals surface area contributed by atoms with E-state index in [1.54, 1.807) is 12.1 Å². The summed E-state index contributed by atoms with van der Waals surface area (Å²) in [5.74, 6) is -0.225. The maximum atomic E-state index is 12.3. The largest absolute Gasteiger partial charge is 0.444 e. The van der Waals surface area contributed by atoms with Gasteiger partial charge in [-0.25, -0.2) is 0 Å². The molecule has 0 spiro atoms. The summed E-state index contributed by atoms with van der Waals surface area (Å²) in [6.07, 6.45) is 0. The van der Waals surface area contributed by atoms with Crippen molar-refractivity contribution < 1.29 is 14.0 Å². The van der Waals surface area contributed by atoms with Gasteiger partial charge in [-0.1, -0.05) is 59.5 Å². The summed E-state index contributed by atoms with van der Waals surface area (Å²) in [5, 5.41) is 15.8. The van der Waals surface area contributed by atoms with Crippen LogP contribution in [0.2, 0.25) is 0 Å². The van der Waals surface area contributed by atoms with Crippen LogP contribution in [0.3, 0.4) is 0 Å². The molecule has 0 fully saturated rings. The normalized spacial score (nSPS) is 10.8. The number of carbonyl (C=O) groups excluding carboxylic acids is 2. The van der Waals surface area contributed by atoms with Crippen molar-refractivity contribution in [2.24, 2.45) is 0 Å². The lowest BCUT2D eigenvalue weighted by atomic mass is 10.1. The van der Waals surface area contributed by atoms with E-state index in [9.17, 15) is 9.59 Å². The number of halogens is 1. The van der Waals surface area contributed by atoms with Crippen LogP contribution >= 0.6 is 39.0 Å². The third-order valence-corrected chi connectivity index (χ3v) is 6.21. The molecule has 4 rings (SSSR count). The van der Waals surface area contributed by atoms with Gasteiger partial charge >= 0.3 is 0 Å². The van der Waals surface area contributed by atoms with Crippen molar-refractivity contribution in [1.82, 2.24) is 10.2 Å². The molecule has 0 unspecified atom stereocenters. The third-order valence-electron chi connectivity index (χ3n) is 3.81. The number of carbonyl (C=O) groups is 2. The van der Waals surface area contributed by atoms with Crippen molar-refractivity contribution >= 4 is 72.4 Å². The highest BCUT2D eigenvalue weighted by Crippen LogP contribution is 2.27. The molecule has 2 heterocycles. The van der Waals surface area contributed by atoms with Crippen LogP contribution in [0.15, 0.2) is 68.0 Å². The number of amides is 2. The average molecular weight is 489 g/mol. The molecule has 29 heavy (non-hydrogen) atoms. The van der Waals surface area contributed by atoms with Crippen LogP contribution in [0.4, 0.5) is 10.8 Å². The number of rotatable bonds is 6. The number of nitrogens with one attached hydrogen (secondary N) is 2. The molecular formula is C19H13BrN4O3S2. The van der Waals surface area contributed by atoms with Gasteiger partial charge in [0, 0.05) is 11.1 Å². The van der Waals surface area contributed by atoms with Crippen LogP contribution in [0.1, 0.15) is 10.6 Å².